The summed E-state index contributed by atoms with van der Waals surface area (Å²) >= 11 is 0. The molecule has 1 aromatic heterocycles. The molecule has 4 rings (SSSR count). The zero-order valence-corrected chi connectivity index (χ0v) is 17.6. The molecule has 5 nitrogen and oxygen atoms in total. The highest BCUT2D eigenvalue weighted by Crippen LogP contribution is 2.28. The molecule has 0 unspecified atom stereocenters. The molecule has 0 bridgehead atoms. The molecule has 0 aliphatic carbocycles. The number of benzene rings is 3. The molecule has 0 amide bonds. The Balaban J connectivity index is 1.67. The van der Waals surface area contributed by atoms with Crippen LogP contribution in [0.25, 0.3) is 34.1 Å². The molecule has 0 fully saturated rings. The van der Waals surface area contributed by atoms with Crippen LogP contribution in [-0.4, -0.2) is 28.1 Å². The van der Waals surface area contributed by atoms with Crippen LogP contribution in [0.3, 0.4) is 0 Å². The Morgan fingerprint density at radius 1 is 0.844 bits per heavy atom. The zero-order chi connectivity index (χ0) is 22.3. The van der Waals surface area contributed by atoms with Gasteiger partial charge in [-0.25, -0.2) is 9.48 Å². The number of hydrogen-bond acceptors (Lipinski definition) is 4. The third-order valence-corrected chi connectivity index (χ3v) is 4.85. The average Bonchev–Trinajstić information content (AvgIpc) is 3.27. The van der Waals surface area contributed by atoms with Gasteiger partial charge in [-0.1, -0.05) is 72.8 Å². The number of rotatable bonds is 7. The van der Waals surface area contributed by atoms with E-state index in [0.29, 0.717) is 0 Å². The average molecular weight is 422 g/mol. The lowest BCUT2D eigenvalue weighted by atomic mass is 10.0. The van der Waals surface area contributed by atoms with E-state index in [1.165, 1.54) is 13.0 Å². The second kappa shape index (κ2) is 9.71. The molecule has 0 saturated heterocycles. The summed E-state index contributed by atoms with van der Waals surface area (Å²) in [5.41, 5.74) is 5.60. The van der Waals surface area contributed by atoms with Crippen LogP contribution in [0.5, 0.6) is 0 Å². The van der Waals surface area contributed by atoms with Crippen molar-refractivity contribution in [2.75, 3.05) is 6.61 Å². The van der Waals surface area contributed by atoms with E-state index in [-0.39, 0.29) is 12.4 Å². The molecular formula is C27H22N2O3. The lowest BCUT2D eigenvalue weighted by Gasteiger charge is -2.04. The minimum Gasteiger partial charge on any atom is -0.455 e. The van der Waals surface area contributed by atoms with Crippen LogP contribution in [0.15, 0.2) is 97.2 Å². The SMILES string of the molecule is CC(=O)COC(=O)/C=C/c1cn(-c2ccccc2)nc1-c1ccc(-c2ccccc2)cc1. The normalized spacial score (nSPS) is 10.9. The van der Waals surface area contributed by atoms with E-state index in [1.807, 2.05) is 66.9 Å². The number of carbonyl (C=O) groups excluding carboxylic acids is 2. The topological polar surface area (TPSA) is 61.2 Å². The molecule has 0 spiro atoms. The van der Waals surface area contributed by atoms with Crippen LogP contribution in [-0.2, 0) is 14.3 Å². The molecule has 4 aromatic rings. The zero-order valence-electron chi connectivity index (χ0n) is 17.6. The molecule has 0 aliphatic rings. The van der Waals surface area contributed by atoms with Crippen LogP contribution in [0.4, 0.5) is 0 Å². The van der Waals surface area contributed by atoms with Gasteiger partial charge in [0.25, 0.3) is 0 Å². The summed E-state index contributed by atoms with van der Waals surface area (Å²) in [6, 6.07) is 28.1. The van der Waals surface area contributed by atoms with E-state index < -0.39 is 5.97 Å². The van der Waals surface area contributed by atoms with Crippen molar-refractivity contribution >= 4 is 17.8 Å². The molecule has 0 N–H and O–H groups in total. The predicted molar refractivity (Wildman–Crippen MR) is 125 cm³/mol. The highest BCUT2D eigenvalue weighted by Gasteiger charge is 2.12. The first-order valence-corrected chi connectivity index (χ1v) is 10.3. The summed E-state index contributed by atoms with van der Waals surface area (Å²) < 4.78 is 6.70. The Morgan fingerprint density at radius 2 is 1.44 bits per heavy atom. The summed E-state index contributed by atoms with van der Waals surface area (Å²) in [6.07, 6.45) is 4.84. The summed E-state index contributed by atoms with van der Waals surface area (Å²) in [4.78, 5) is 23.0. The van der Waals surface area contributed by atoms with E-state index in [0.717, 1.165) is 33.6 Å². The minimum absolute atomic E-state index is 0.206. The van der Waals surface area contributed by atoms with Crippen molar-refractivity contribution in [3.05, 3.63) is 103 Å². The maximum Gasteiger partial charge on any atom is 0.331 e. The number of aromatic nitrogens is 2. The highest BCUT2D eigenvalue weighted by atomic mass is 16.5. The van der Waals surface area contributed by atoms with E-state index in [9.17, 15) is 9.59 Å². The fraction of sp³-hybridized carbons (Fsp3) is 0.0741. The first-order valence-electron chi connectivity index (χ1n) is 10.3. The highest BCUT2D eigenvalue weighted by molar-refractivity contribution is 5.90. The van der Waals surface area contributed by atoms with Gasteiger partial charge < -0.3 is 4.74 Å². The Labute approximate surface area is 186 Å². The summed E-state index contributed by atoms with van der Waals surface area (Å²) in [5, 5.41) is 4.76. The van der Waals surface area contributed by atoms with Crippen molar-refractivity contribution < 1.29 is 14.3 Å². The van der Waals surface area contributed by atoms with Gasteiger partial charge in [-0.3, -0.25) is 4.79 Å². The fourth-order valence-corrected chi connectivity index (χ4v) is 3.28. The first kappa shape index (κ1) is 21.0. The van der Waals surface area contributed by atoms with Gasteiger partial charge in [-0.05, 0) is 36.3 Å². The van der Waals surface area contributed by atoms with Crippen molar-refractivity contribution in [2.24, 2.45) is 0 Å². The van der Waals surface area contributed by atoms with Gasteiger partial charge in [0.15, 0.2) is 5.78 Å². The van der Waals surface area contributed by atoms with Crippen LogP contribution >= 0.6 is 0 Å². The molecule has 158 valence electrons. The molecule has 32 heavy (non-hydrogen) atoms. The Kier molecular flexibility index (Phi) is 6.37. The molecule has 0 aliphatic heterocycles. The molecule has 0 radical (unpaired) electrons. The van der Waals surface area contributed by atoms with Crippen molar-refractivity contribution in [2.45, 2.75) is 6.92 Å². The van der Waals surface area contributed by atoms with Crippen molar-refractivity contribution in [1.29, 1.82) is 0 Å². The number of Topliss-reactive ketones (excluding diaryl/α,β-unsaturated/α-hetero) is 1. The van der Waals surface area contributed by atoms with Gasteiger partial charge in [0.2, 0.25) is 0 Å². The van der Waals surface area contributed by atoms with Crippen molar-refractivity contribution in [1.82, 2.24) is 9.78 Å². The monoisotopic (exact) mass is 422 g/mol. The van der Waals surface area contributed by atoms with E-state index in [2.05, 4.69) is 24.3 Å². The first-order chi connectivity index (χ1) is 15.6. The molecule has 3 aromatic carbocycles. The van der Waals surface area contributed by atoms with Gasteiger partial charge in [0.05, 0.1) is 11.4 Å². The second-order valence-corrected chi connectivity index (χ2v) is 7.30. The lowest BCUT2D eigenvalue weighted by molar-refractivity contribution is -0.142. The van der Waals surface area contributed by atoms with Gasteiger partial charge in [0, 0.05) is 23.4 Å². The smallest absolute Gasteiger partial charge is 0.331 e. The van der Waals surface area contributed by atoms with Crippen LogP contribution in [0.2, 0.25) is 0 Å². The lowest BCUT2D eigenvalue weighted by Crippen LogP contribution is -2.08. The number of ether oxygens (including phenoxy) is 1. The quantitative estimate of drug-likeness (QED) is 0.297. The Bertz CT molecular complexity index is 1240. The number of ketones is 1. The number of esters is 1. The van der Waals surface area contributed by atoms with E-state index >= 15 is 0 Å². The largest absolute Gasteiger partial charge is 0.455 e. The second-order valence-electron chi connectivity index (χ2n) is 7.30. The van der Waals surface area contributed by atoms with Crippen LogP contribution in [0.1, 0.15) is 12.5 Å². The number of para-hydroxylation sites is 1. The molecule has 5 heteroatoms. The third kappa shape index (κ3) is 5.08. The summed E-state index contributed by atoms with van der Waals surface area (Å²) in [5.74, 6) is -0.777. The van der Waals surface area contributed by atoms with Gasteiger partial charge in [-0.2, -0.15) is 5.10 Å². The number of hydrogen-bond donors (Lipinski definition) is 0. The predicted octanol–water partition coefficient (Wildman–Crippen LogP) is 5.35. The molecule has 0 saturated carbocycles. The minimum atomic E-state index is -0.571. The Morgan fingerprint density at radius 3 is 2.09 bits per heavy atom. The summed E-state index contributed by atoms with van der Waals surface area (Å²) in [6.45, 7) is 1.14. The van der Waals surface area contributed by atoms with Crippen molar-refractivity contribution in [3.63, 3.8) is 0 Å². The number of carbonyl (C=O) groups is 2. The molecule has 0 atom stereocenters. The van der Waals surface area contributed by atoms with Gasteiger partial charge in [-0.15, -0.1) is 0 Å². The summed E-state index contributed by atoms with van der Waals surface area (Å²) in [7, 11) is 0. The van der Waals surface area contributed by atoms with Crippen LogP contribution < -0.4 is 0 Å². The third-order valence-electron chi connectivity index (χ3n) is 4.85. The van der Waals surface area contributed by atoms with Crippen LogP contribution in [0, 0.1) is 0 Å². The molecular weight excluding hydrogens is 400 g/mol. The van der Waals surface area contributed by atoms with E-state index in [4.69, 9.17) is 9.84 Å². The molecule has 1 heterocycles. The fourth-order valence-electron chi connectivity index (χ4n) is 3.28. The van der Waals surface area contributed by atoms with Gasteiger partial charge in [0.1, 0.15) is 6.61 Å². The van der Waals surface area contributed by atoms with Crippen molar-refractivity contribution in [3.8, 4) is 28.1 Å². The number of nitrogens with zero attached hydrogens (tertiary/aromatic N) is 2. The standard InChI is InChI=1S/C27H22N2O3/c1-20(30)19-32-26(31)17-16-24-18-29(25-10-6-3-7-11-25)28-27(24)23-14-12-22(13-15-23)21-8-4-2-5-9-21/h2-18H,19H2,1H3/b17-16+. The van der Waals surface area contributed by atoms with E-state index in [1.54, 1.807) is 10.8 Å². The Hall–Kier alpha value is -4.25. The maximum atomic E-state index is 12.0. The maximum absolute atomic E-state index is 12.0. The van der Waals surface area contributed by atoms with Gasteiger partial charge >= 0.3 is 5.97 Å².